The van der Waals surface area contributed by atoms with Crippen LogP contribution in [0.5, 0.6) is 0 Å². The van der Waals surface area contributed by atoms with E-state index in [0.717, 1.165) is 21.3 Å². The van der Waals surface area contributed by atoms with Gasteiger partial charge in [-0.05, 0) is 67.3 Å². The fourth-order valence-electron chi connectivity index (χ4n) is 6.38. The molecule has 2 aliphatic heterocycles. The number of carbonyl (C=O) groups is 6. The van der Waals surface area contributed by atoms with Crippen molar-refractivity contribution in [3.05, 3.63) is 118 Å². The van der Waals surface area contributed by atoms with Gasteiger partial charge in [-0.2, -0.15) is 0 Å². The van der Waals surface area contributed by atoms with Crippen LogP contribution >= 0.6 is 11.3 Å². The minimum absolute atomic E-state index is 0.160. The highest BCUT2D eigenvalue weighted by Crippen LogP contribution is 2.31. The lowest BCUT2D eigenvalue weighted by Gasteiger charge is -2.29. The molecule has 2 aromatic heterocycles. The van der Waals surface area contributed by atoms with Gasteiger partial charge in [-0.1, -0.05) is 36.4 Å². The zero-order valence-electron chi connectivity index (χ0n) is 28.7. The molecule has 1 fully saturated rings. The van der Waals surface area contributed by atoms with Gasteiger partial charge in [-0.3, -0.25) is 34.1 Å². The number of pyridine rings is 1. The molecule has 5 N–H and O–H groups in total. The van der Waals surface area contributed by atoms with Crippen molar-refractivity contribution in [1.82, 2.24) is 25.8 Å². The van der Waals surface area contributed by atoms with Crippen LogP contribution in [0, 0.1) is 6.92 Å². The molecule has 0 saturated carbocycles. The summed E-state index contributed by atoms with van der Waals surface area (Å²) in [6, 6.07) is 20.9. The Morgan fingerprint density at radius 1 is 0.887 bits per heavy atom. The zero-order chi connectivity index (χ0) is 37.1. The number of rotatable bonds is 11. The highest BCUT2D eigenvalue weighted by Gasteiger charge is 2.39. The maximum atomic E-state index is 13.5. The first-order chi connectivity index (χ1) is 25.7. The molecule has 14 heteroatoms. The van der Waals surface area contributed by atoms with Gasteiger partial charge in [0.1, 0.15) is 6.04 Å². The molecule has 1 unspecified atom stereocenters. The van der Waals surface area contributed by atoms with Crippen LogP contribution in [0.3, 0.4) is 0 Å². The zero-order valence-corrected chi connectivity index (χ0v) is 29.5. The number of piperidine rings is 1. The van der Waals surface area contributed by atoms with Crippen molar-refractivity contribution in [3.8, 4) is 0 Å². The molecule has 268 valence electrons. The lowest BCUT2D eigenvalue weighted by Crippen LogP contribution is -2.52. The first-order valence-electron chi connectivity index (χ1n) is 17.1. The fraction of sp³-hybridized carbons (Fsp3) is 0.205. The van der Waals surface area contributed by atoms with E-state index in [1.807, 2.05) is 55.5 Å². The molecular formula is C39H35N7O6S. The first kappa shape index (κ1) is 35.0. The molecule has 6 amide bonds. The maximum absolute atomic E-state index is 13.5. The number of hydrogen-bond acceptors (Lipinski definition) is 9. The fourth-order valence-corrected chi connectivity index (χ4v) is 7.32. The Balaban J connectivity index is 0.954. The molecule has 1 saturated heterocycles. The summed E-state index contributed by atoms with van der Waals surface area (Å²) in [6.07, 6.45) is 2.28. The predicted molar refractivity (Wildman–Crippen MR) is 200 cm³/mol. The Morgan fingerprint density at radius 3 is 2.43 bits per heavy atom. The summed E-state index contributed by atoms with van der Waals surface area (Å²) in [7, 11) is 0. The summed E-state index contributed by atoms with van der Waals surface area (Å²) in [5.41, 5.74) is 4.30. The van der Waals surface area contributed by atoms with Gasteiger partial charge in [-0.25, -0.2) is 4.98 Å². The number of carbonyl (C=O) groups excluding carboxylic acids is 6. The average molecular weight is 730 g/mol. The molecule has 0 radical (unpaired) electrons. The molecule has 1 atom stereocenters. The van der Waals surface area contributed by atoms with Gasteiger partial charge in [-0.15, -0.1) is 11.3 Å². The van der Waals surface area contributed by atoms with Crippen molar-refractivity contribution in [2.75, 3.05) is 23.7 Å². The Bertz CT molecular complexity index is 2300. The number of fused-ring (bicyclic) bond motifs is 2. The van der Waals surface area contributed by atoms with E-state index in [2.05, 4.69) is 31.6 Å². The van der Waals surface area contributed by atoms with Crippen LogP contribution in [-0.4, -0.2) is 64.5 Å². The second kappa shape index (κ2) is 15.1. The molecule has 0 bridgehead atoms. The number of anilines is 3. The van der Waals surface area contributed by atoms with Crippen LogP contribution in [0.4, 0.5) is 17.2 Å². The number of aryl methyl sites for hydroxylation is 1. The van der Waals surface area contributed by atoms with Gasteiger partial charge in [0.15, 0.2) is 5.82 Å². The number of nitrogens with zero attached hydrogens (tertiary/aromatic N) is 2. The van der Waals surface area contributed by atoms with Crippen LogP contribution in [0.2, 0.25) is 0 Å². The molecule has 4 heterocycles. The number of para-hydroxylation sites is 1. The summed E-state index contributed by atoms with van der Waals surface area (Å²) >= 11 is 1.48. The number of nitrogens with one attached hydrogen (secondary N) is 5. The van der Waals surface area contributed by atoms with E-state index in [-0.39, 0.29) is 61.7 Å². The molecule has 3 aromatic carbocycles. The van der Waals surface area contributed by atoms with E-state index >= 15 is 0 Å². The molecule has 7 rings (SSSR count). The van der Waals surface area contributed by atoms with Crippen LogP contribution in [0.15, 0.2) is 84.4 Å². The van der Waals surface area contributed by atoms with Crippen LogP contribution in [0.1, 0.15) is 71.8 Å². The molecular weight excluding hydrogens is 695 g/mol. The summed E-state index contributed by atoms with van der Waals surface area (Å²) in [5, 5.41) is 16.8. The second-order valence-electron chi connectivity index (χ2n) is 12.8. The van der Waals surface area contributed by atoms with Gasteiger partial charge < -0.3 is 26.2 Å². The summed E-state index contributed by atoms with van der Waals surface area (Å²) in [4.78, 5) is 82.4. The van der Waals surface area contributed by atoms with Crippen molar-refractivity contribution in [1.29, 1.82) is 0 Å². The van der Waals surface area contributed by atoms with E-state index in [9.17, 15) is 28.8 Å². The quantitative estimate of drug-likeness (QED) is 0.0940. The van der Waals surface area contributed by atoms with E-state index in [4.69, 9.17) is 0 Å². The molecule has 0 aliphatic carbocycles. The van der Waals surface area contributed by atoms with Crippen molar-refractivity contribution < 1.29 is 28.8 Å². The van der Waals surface area contributed by atoms with Gasteiger partial charge in [0, 0.05) is 64.5 Å². The summed E-state index contributed by atoms with van der Waals surface area (Å²) in [6.45, 7) is 2.65. The van der Waals surface area contributed by atoms with Crippen molar-refractivity contribution >= 4 is 74.1 Å². The Labute approximate surface area is 308 Å². The third-order valence-electron chi connectivity index (χ3n) is 9.23. The van der Waals surface area contributed by atoms with Crippen LogP contribution in [-0.2, 0) is 16.1 Å². The van der Waals surface area contributed by atoms with Crippen molar-refractivity contribution in [2.24, 2.45) is 0 Å². The number of thiophene rings is 1. The van der Waals surface area contributed by atoms with Gasteiger partial charge in [0.25, 0.3) is 23.6 Å². The third kappa shape index (κ3) is 7.48. The van der Waals surface area contributed by atoms with Crippen molar-refractivity contribution in [2.45, 2.75) is 38.8 Å². The predicted octanol–water partition coefficient (Wildman–Crippen LogP) is 4.91. The van der Waals surface area contributed by atoms with E-state index in [1.54, 1.807) is 29.6 Å². The van der Waals surface area contributed by atoms with Crippen molar-refractivity contribution in [3.63, 3.8) is 0 Å². The molecule has 0 spiro atoms. The Morgan fingerprint density at radius 2 is 1.64 bits per heavy atom. The smallest absolute Gasteiger partial charge is 0.257 e. The van der Waals surface area contributed by atoms with Gasteiger partial charge in [0.2, 0.25) is 11.8 Å². The average Bonchev–Trinajstić information content (AvgIpc) is 3.73. The lowest BCUT2D eigenvalue weighted by molar-refractivity contribution is -0.136. The lowest BCUT2D eigenvalue weighted by atomic mass is 10.0. The van der Waals surface area contributed by atoms with E-state index in [1.165, 1.54) is 22.4 Å². The largest absolute Gasteiger partial charge is 0.352 e. The first-order valence-corrected chi connectivity index (χ1v) is 18.0. The summed E-state index contributed by atoms with van der Waals surface area (Å²) in [5.74, 6) is -1.85. The molecule has 53 heavy (non-hydrogen) atoms. The normalized spacial score (nSPS) is 15.2. The molecule has 13 nitrogen and oxygen atoms in total. The highest BCUT2D eigenvalue weighted by atomic mass is 32.1. The molecule has 2 aliphatic rings. The standard InChI is InChI=1S/C39H35N7O6S/c1-22-7-2-4-9-29(22)43-34-30(44-37(50)28-21-53-32-10-5-3-8-27(28)32)18-24(19-42-34)36(49)41-16-6-15-40-35(48)23-11-12-26-25(17-23)20-46(39(26)52)31-13-14-33(47)45-38(31)51/h2-5,7-12,17-19,21,31H,6,13-16,20H2,1H3,(H,40,48)(H,41,49)(H,42,43)(H,44,50)(H,45,47,51). The maximum Gasteiger partial charge on any atom is 0.257 e. The van der Waals surface area contributed by atoms with Gasteiger partial charge >= 0.3 is 0 Å². The third-order valence-corrected chi connectivity index (χ3v) is 10.2. The number of imide groups is 1. The van der Waals surface area contributed by atoms with E-state index in [0.29, 0.717) is 40.2 Å². The Kier molecular flexibility index (Phi) is 9.95. The SMILES string of the molecule is Cc1ccccc1Nc1ncc(C(=O)NCCCNC(=O)c2ccc3c(c2)CN(C2CCC(=O)NC2=O)C3=O)cc1NC(=O)c1csc2ccccc12. The molecule has 5 aromatic rings. The number of hydrogen-bond donors (Lipinski definition) is 5. The monoisotopic (exact) mass is 729 g/mol. The Hall–Kier alpha value is -6.41. The number of benzene rings is 3. The van der Waals surface area contributed by atoms with Gasteiger partial charge in [0.05, 0.1) is 16.8 Å². The number of amides is 6. The highest BCUT2D eigenvalue weighted by molar-refractivity contribution is 7.17. The number of aromatic nitrogens is 1. The summed E-state index contributed by atoms with van der Waals surface area (Å²) < 4.78 is 0.987. The van der Waals surface area contributed by atoms with Crippen LogP contribution in [0.25, 0.3) is 10.1 Å². The van der Waals surface area contributed by atoms with Crippen LogP contribution < -0.4 is 26.6 Å². The topological polar surface area (TPSA) is 179 Å². The van der Waals surface area contributed by atoms with E-state index < -0.39 is 17.9 Å². The minimum atomic E-state index is -0.735. The second-order valence-corrected chi connectivity index (χ2v) is 13.7. The minimum Gasteiger partial charge on any atom is -0.352 e.